The zero-order chi connectivity index (χ0) is 18.2. The summed E-state index contributed by atoms with van der Waals surface area (Å²) in [7, 11) is 0. The second-order valence-electron chi connectivity index (χ2n) is 6.81. The van der Waals surface area contributed by atoms with Gasteiger partial charge in [0.25, 0.3) is 0 Å². The van der Waals surface area contributed by atoms with Gasteiger partial charge < -0.3 is 16.0 Å². The van der Waals surface area contributed by atoms with Crippen molar-refractivity contribution >= 4 is 41.4 Å². The molecule has 0 spiro atoms. The number of nitrogens with zero attached hydrogens (tertiary/aromatic N) is 3. The van der Waals surface area contributed by atoms with Crippen LogP contribution in [0.3, 0.4) is 0 Å². The highest BCUT2D eigenvalue weighted by atomic mass is 127. The number of hydrogen-bond donors (Lipinski definition) is 2. The third-order valence-electron chi connectivity index (χ3n) is 4.78. The van der Waals surface area contributed by atoms with Gasteiger partial charge in [0.1, 0.15) is 5.82 Å². The van der Waals surface area contributed by atoms with Crippen LogP contribution in [0.4, 0.5) is 11.5 Å². The lowest BCUT2D eigenvalue weighted by Gasteiger charge is -2.21. The van der Waals surface area contributed by atoms with E-state index in [4.69, 9.17) is 5.73 Å². The Balaban J connectivity index is 0.00000261. The normalized spacial score (nSPS) is 15.0. The van der Waals surface area contributed by atoms with Gasteiger partial charge in [-0.1, -0.05) is 38.0 Å². The van der Waals surface area contributed by atoms with Crippen LogP contribution in [0.25, 0.3) is 0 Å². The van der Waals surface area contributed by atoms with Gasteiger partial charge in [0.05, 0.1) is 6.54 Å². The molecule has 0 atom stereocenters. The Morgan fingerprint density at radius 2 is 1.89 bits per heavy atom. The summed E-state index contributed by atoms with van der Waals surface area (Å²) in [5.74, 6) is 1.50. The maximum atomic E-state index is 6.02. The molecule has 5 nitrogen and oxygen atoms in total. The molecule has 0 unspecified atom stereocenters. The van der Waals surface area contributed by atoms with Gasteiger partial charge in [-0.25, -0.2) is 9.98 Å². The summed E-state index contributed by atoms with van der Waals surface area (Å²) >= 11 is 0. The molecule has 0 amide bonds. The Labute approximate surface area is 179 Å². The summed E-state index contributed by atoms with van der Waals surface area (Å²) in [6, 6.07) is 12.4. The first kappa shape index (κ1) is 21.5. The van der Waals surface area contributed by atoms with Crippen LogP contribution in [0.5, 0.6) is 0 Å². The summed E-state index contributed by atoms with van der Waals surface area (Å²) in [6.45, 7) is 4.88. The van der Waals surface area contributed by atoms with Gasteiger partial charge in [-0.15, -0.1) is 24.0 Å². The molecule has 0 aliphatic carbocycles. The fourth-order valence-corrected chi connectivity index (χ4v) is 3.23. The molecule has 3 N–H and O–H groups in total. The molecule has 146 valence electrons. The van der Waals surface area contributed by atoms with Gasteiger partial charge in [0.15, 0.2) is 5.96 Å². The van der Waals surface area contributed by atoms with E-state index in [0.717, 1.165) is 36.6 Å². The van der Waals surface area contributed by atoms with Crippen LogP contribution >= 0.6 is 24.0 Å². The minimum absolute atomic E-state index is 0. The van der Waals surface area contributed by atoms with Crippen molar-refractivity contribution < 1.29 is 0 Å². The number of halogens is 1. The van der Waals surface area contributed by atoms with Crippen molar-refractivity contribution in [2.45, 2.75) is 45.6 Å². The topological polar surface area (TPSA) is 66.5 Å². The number of nitrogens with one attached hydrogen (secondary N) is 1. The number of hydrogen-bond acceptors (Lipinski definition) is 3. The molecule has 0 radical (unpaired) electrons. The molecule has 2 aromatic rings. The van der Waals surface area contributed by atoms with E-state index >= 15 is 0 Å². The summed E-state index contributed by atoms with van der Waals surface area (Å²) < 4.78 is 0. The average Bonchev–Trinajstić information content (AvgIpc) is 2.96. The highest BCUT2D eigenvalue weighted by Gasteiger charge is 2.10. The van der Waals surface area contributed by atoms with E-state index in [1.54, 1.807) is 0 Å². The van der Waals surface area contributed by atoms with Crippen LogP contribution in [-0.2, 0) is 13.0 Å². The van der Waals surface area contributed by atoms with Gasteiger partial charge in [0.2, 0.25) is 0 Å². The summed E-state index contributed by atoms with van der Waals surface area (Å²) in [5.41, 5.74) is 9.33. The molecular formula is C21H30IN5. The number of rotatable bonds is 5. The minimum atomic E-state index is 0. The number of aromatic nitrogens is 1. The average molecular weight is 479 g/mol. The van der Waals surface area contributed by atoms with Crippen LogP contribution < -0.4 is 16.0 Å². The summed E-state index contributed by atoms with van der Waals surface area (Å²) in [5, 5.41) is 3.16. The van der Waals surface area contributed by atoms with Crippen LogP contribution in [0.2, 0.25) is 0 Å². The fraction of sp³-hybridized carbons (Fsp3) is 0.429. The molecule has 27 heavy (non-hydrogen) atoms. The Bertz CT molecular complexity index is 722. The number of anilines is 2. The number of nitrogens with two attached hydrogens (primary N) is 1. The molecular weight excluding hydrogens is 449 g/mol. The van der Waals surface area contributed by atoms with Crippen molar-refractivity contribution in [2.24, 2.45) is 10.7 Å². The Morgan fingerprint density at radius 3 is 2.56 bits per heavy atom. The summed E-state index contributed by atoms with van der Waals surface area (Å²) in [4.78, 5) is 11.4. The molecule has 0 saturated carbocycles. The van der Waals surface area contributed by atoms with Crippen molar-refractivity contribution in [1.82, 2.24) is 4.98 Å². The Kier molecular flexibility index (Phi) is 8.84. The molecule has 0 bridgehead atoms. The molecule has 3 rings (SSSR count). The van der Waals surface area contributed by atoms with E-state index in [0.29, 0.717) is 12.5 Å². The SMILES string of the molecule is CCc1cccc(NC(N)=NCc2ccc(N3CCCCCC3)nc2)c1.I. The Morgan fingerprint density at radius 1 is 1.11 bits per heavy atom. The highest BCUT2D eigenvalue weighted by molar-refractivity contribution is 14.0. The van der Waals surface area contributed by atoms with E-state index in [1.165, 1.54) is 31.2 Å². The zero-order valence-electron chi connectivity index (χ0n) is 16.0. The first-order valence-electron chi connectivity index (χ1n) is 9.60. The molecule has 2 heterocycles. The fourth-order valence-electron chi connectivity index (χ4n) is 3.23. The van der Waals surface area contributed by atoms with Crippen molar-refractivity contribution in [3.8, 4) is 0 Å². The van der Waals surface area contributed by atoms with E-state index in [9.17, 15) is 0 Å². The molecule has 1 aromatic carbocycles. The maximum Gasteiger partial charge on any atom is 0.193 e. The van der Waals surface area contributed by atoms with Crippen LogP contribution in [0.15, 0.2) is 47.6 Å². The van der Waals surface area contributed by atoms with Crippen molar-refractivity contribution in [3.63, 3.8) is 0 Å². The first-order chi connectivity index (χ1) is 12.7. The largest absolute Gasteiger partial charge is 0.370 e. The molecule has 1 aliphatic rings. The molecule has 1 fully saturated rings. The van der Waals surface area contributed by atoms with Gasteiger partial charge in [-0.3, -0.25) is 0 Å². The smallest absolute Gasteiger partial charge is 0.193 e. The lowest BCUT2D eigenvalue weighted by molar-refractivity contribution is 0.726. The molecule has 6 heteroatoms. The van der Waals surface area contributed by atoms with Crippen LogP contribution in [-0.4, -0.2) is 24.0 Å². The van der Waals surface area contributed by atoms with E-state index < -0.39 is 0 Å². The van der Waals surface area contributed by atoms with Crippen LogP contribution in [0, 0.1) is 0 Å². The Hall–Kier alpha value is -1.83. The van der Waals surface area contributed by atoms with Crippen molar-refractivity contribution in [3.05, 3.63) is 53.7 Å². The maximum absolute atomic E-state index is 6.02. The highest BCUT2D eigenvalue weighted by Crippen LogP contribution is 2.17. The van der Waals surface area contributed by atoms with Crippen molar-refractivity contribution in [2.75, 3.05) is 23.3 Å². The molecule has 1 aromatic heterocycles. The number of aliphatic imine (C=N–C) groups is 1. The van der Waals surface area contributed by atoms with Gasteiger partial charge in [0, 0.05) is 25.0 Å². The van der Waals surface area contributed by atoms with E-state index in [-0.39, 0.29) is 24.0 Å². The van der Waals surface area contributed by atoms with Gasteiger partial charge >= 0.3 is 0 Å². The van der Waals surface area contributed by atoms with Gasteiger partial charge in [-0.2, -0.15) is 0 Å². The quantitative estimate of drug-likeness (QED) is 0.375. The van der Waals surface area contributed by atoms with E-state index in [1.807, 2.05) is 18.3 Å². The second kappa shape index (κ2) is 11.1. The number of benzene rings is 1. The van der Waals surface area contributed by atoms with Crippen LogP contribution in [0.1, 0.15) is 43.7 Å². The first-order valence-corrected chi connectivity index (χ1v) is 9.60. The predicted octanol–water partition coefficient (Wildman–Crippen LogP) is 4.57. The number of pyridine rings is 1. The van der Waals surface area contributed by atoms with Crippen molar-refractivity contribution in [1.29, 1.82) is 0 Å². The molecule has 1 aliphatic heterocycles. The standard InChI is InChI=1S/C21H29N5.HI/c1-2-17-8-7-9-19(14-17)25-21(22)24-16-18-10-11-20(23-15-18)26-12-5-3-4-6-13-26;/h7-11,14-15H,2-6,12-13,16H2,1H3,(H3,22,24,25);1H. The van der Waals surface area contributed by atoms with Gasteiger partial charge in [-0.05, 0) is 48.6 Å². The minimum Gasteiger partial charge on any atom is -0.370 e. The molecule has 1 saturated heterocycles. The number of guanidine groups is 1. The zero-order valence-corrected chi connectivity index (χ0v) is 18.4. The third-order valence-corrected chi connectivity index (χ3v) is 4.78. The van der Waals surface area contributed by atoms with E-state index in [2.05, 4.69) is 51.4 Å². The predicted molar refractivity (Wildman–Crippen MR) is 125 cm³/mol. The lowest BCUT2D eigenvalue weighted by Crippen LogP contribution is -2.24. The third kappa shape index (κ3) is 6.68. The number of aryl methyl sites for hydroxylation is 1. The monoisotopic (exact) mass is 479 g/mol. The second-order valence-corrected chi connectivity index (χ2v) is 6.81. The summed E-state index contributed by atoms with van der Waals surface area (Å²) in [6.07, 6.45) is 8.09. The lowest BCUT2D eigenvalue weighted by atomic mass is 10.1.